The third kappa shape index (κ3) is 2.98. The summed E-state index contributed by atoms with van der Waals surface area (Å²) in [6.07, 6.45) is 6.00. The number of aliphatic hydroxyl groups excluding tert-OH is 1. The largest absolute Gasteiger partial charge is 0.396 e. The SMILES string of the molecule is CCNC(=O)CC1(CCO)CCCC1. The Morgan fingerprint density at radius 2 is 2.07 bits per heavy atom. The minimum Gasteiger partial charge on any atom is -0.396 e. The third-order valence-corrected chi connectivity index (χ3v) is 3.22. The highest BCUT2D eigenvalue weighted by Crippen LogP contribution is 2.43. The van der Waals surface area contributed by atoms with Crippen LogP contribution in [0.2, 0.25) is 0 Å². The van der Waals surface area contributed by atoms with Crippen LogP contribution < -0.4 is 5.32 Å². The lowest BCUT2D eigenvalue weighted by Gasteiger charge is -2.27. The van der Waals surface area contributed by atoms with Crippen LogP contribution in [0.1, 0.15) is 45.4 Å². The maximum absolute atomic E-state index is 11.5. The summed E-state index contributed by atoms with van der Waals surface area (Å²) in [5.41, 5.74) is 0.105. The van der Waals surface area contributed by atoms with Gasteiger partial charge in [0.25, 0.3) is 0 Å². The zero-order chi connectivity index (χ0) is 10.4. The van der Waals surface area contributed by atoms with Gasteiger partial charge in [0, 0.05) is 19.6 Å². The highest BCUT2D eigenvalue weighted by Gasteiger charge is 2.35. The van der Waals surface area contributed by atoms with Gasteiger partial charge in [-0.3, -0.25) is 4.79 Å². The van der Waals surface area contributed by atoms with E-state index in [1.54, 1.807) is 0 Å². The van der Waals surface area contributed by atoms with Crippen LogP contribution in [0.5, 0.6) is 0 Å². The first-order valence-corrected chi connectivity index (χ1v) is 5.60. The summed E-state index contributed by atoms with van der Waals surface area (Å²) >= 11 is 0. The Hall–Kier alpha value is -0.570. The smallest absolute Gasteiger partial charge is 0.220 e. The monoisotopic (exact) mass is 199 g/mol. The van der Waals surface area contributed by atoms with Gasteiger partial charge < -0.3 is 10.4 Å². The first-order chi connectivity index (χ1) is 6.72. The molecule has 0 atom stereocenters. The fourth-order valence-corrected chi connectivity index (χ4v) is 2.48. The van der Waals surface area contributed by atoms with E-state index in [9.17, 15) is 4.79 Å². The van der Waals surface area contributed by atoms with E-state index in [1.165, 1.54) is 12.8 Å². The topological polar surface area (TPSA) is 49.3 Å². The van der Waals surface area contributed by atoms with Gasteiger partial charge in [0.1, 0.15) is 0 Å². The number of carbonyl (C=O) groups excluding carboxylic acids is 1. The third-order valence-electron chi connectivity index (χ3n) is 3.22. The van der Waals surface area contributed by atoms with Crippen molar-refractivity contribution in [1.82, 2.24) is 5.32 Å². The second-order valence-electron chi connectivity index (χ2n) is 4.31. The molecule has 0 saturated heterocycles. The molecule has 1 rings (SSSR count). The molecule has 0 aromatic carbocycles. The predicted octanol–water partition coefficient (Wildman–Crippen LogP) is 1.46. The number of hydrogen-bond donors (Lipinski definition) is 2. The molecule has 3 heteroatoms. The van der Waals surface area contributed by atoms with E-state index in [2.05, 4.69) is 5.32 Å². The number of aliphatic hydroxyl groups is 1. The van der Waals surface area contributed by atoms with E-state index in [1.807, 2.05) is 6.92 Å². The van der Waals surface area contributed by atoms with Crippen molar-refractivity contribution in [3.63, 3.8) is 0 Å². The maximum atomic E-state index is 11.5. The van der Waals surface area contributed by atoms with Gasteiger partial charge in [-0.1, -0.05) is 12.8 Å². The first kappa shape index (κ1) is 11.5. The molecule has 2 N–H and O–H groups in total. The molecule has 0 bridgehead atoms. The van der Waals surface area contributed by atoms with E-state index >= 15 is 0 Å². The zero-order valence-corrected chi connectivity index (χ0v) is 9.01. The first-order valence-electron chi connectivity index (χ1n) is 5.60. The van der Waals surface area contributed by atoms with E-state index in [-0.39, 0.29) is 17.9 Å². The lowest BCUT2D eigenvalue weighted by molar-refractivity contribution is -0.123. The Kier molecular flexibility index (Phi) is 4.39. The van der Waals surface area contributed by atoms with Gasteiger partial charge in [0.15, 0.2) is 0 Å². The van der Waals surface area contributed by atoms with Crippen LogP contribution in [-0.4, -0.2) is 24.2 Å². The van der Waals surface area contributed by atoms with Gasteiger partial charge in [-0.15, -0.1) is 0 Å². The Bertz CT molecular complexity index is 186. The van der Waals surface area contributed by atoms with Gasteiger partial charge in [-0.05, 0) is 31.6 Å². The molecule has 1 aliphatic rings. The normalized spacial score (nSPS) is 19.6. The number of hydrogen-bond acceptors (Lipinski definition) is 2. The van der Waals surface area contributed by atoms with Gasteiger partial charge in [-0.2, -0.15) is 0 Å². The van der Waals surface area contributed by atoms with Crippen LogP contribution >= 0.6 is 0 Å². The van der Waals surface area contributed by atoms with E-state index in [4.69, 9.17) is 5.11 Å². The van der Waals surface area contributed by atoms with Crippen molar-refractivity contribution in [3.8, 4) is 0 Å². The summed E-state index contributed by atoms with van der Waals surface area (Å²) in [5, 5.41) is 11.8. The molecule has 0 aromatic heterocycles. The molecule has 0 spiro atoms. The Morgan fingerprint density at radius 3 is 2.57 bits per heavy atom. The van der Waals surface area contributed by atoms with Crippen molar-refractivity contribution in [3.05, 3.63) is 0 Å². The van der Waals surface area contributed by atoms with Crippen LogP contribution in [0.15, 0.2) is 0 Å². The number of carbonyl (C=O) groups is 1. The molecule has 0 aliphatic heterocycles. The quantitative estimate of drug-likeness (QED) is 0.704. The van der Waals surface area contributed by atoms with Gasteiger partial charge >= 0.3 is 0 Å². The van der Waals surface area contributed by atoms with Crippen LogP contribution in [0.4, 0.5) is 0 Å². The maximum Gasteiger partial charge on any atom is 0.220 e. The van der Waals surface area contributed by atoms with Crippen molar-refractivity contribution in [2.24, 2.45) is 5.41 Å². The highest BCUT2D eigenvalue weighted by atomic mass is 16.3. The van der Waals surface area contributed by atoms with E-state index in [0.29, 0.717) is 13.0 Å². The summed E-state index contributed by atoms with van der Waals surface area (Å²) in [6.45, 7) is 2.85. The molecular formula is C11H21NO2. The summed E-state index contributed by atoms with van der Waals surface area (Å²) in [4.78, 5) is 11.5. The van der Waals surface area contributed by atoms with Crippen molar-refractivity contribution >= 4 is 5.91 Å². The van der Waals surface area contributed by atoms with Crippen molar-refractivity contribution in [1.29, 1.82) is 0 Å². The standard InChI is InChI=1S/C11H21NO2/c1-2-12-10(14)9-11(7-8-13)5-3-4-6-11/h13H,2-9H2,1H3,(H,12,14). The van der Waals surface area contributed by atoms with Crippen molar-refractivity contribution in [2.45, 2.75) is 45.4 Å². The molecule has 1 fully saturated rings. The molecule has 0 unspecified atom stereocenters. The number of nitrogens with one attached hydrogen (secondary N) is 1. The number of rotatable bonds is 5. The summed E-state index contributed by atoms with van der Waals surface area (Å²) in [7, 11) is 0. The highest BCUT2D eigenvalue weighted by molar-refractivity contribution is 5.76. The Morgan fingerprint density at radius 1 is 1.43 bits per heavy atom. The molecule has 3 nitrogen and oxygen atoms in total. The fourth-order valence-electron chi connectivity index (χ4n) is 2.48. The molecule has 1 amide bonds. The van der Waals surface area contributed by atoms with Crippen LogP contribution in [0.25, 0.3) is 0 Å². The summed E-state index contributed by atoms with van der Waals surface area (Å²) in [5.74, 6) is 0.142. The molecule has 1 saturated carbocycles. The van der Waals surface area contributed by atoms with Crippen LogP contribution in [0, 0.1) is 5.41 Å². The molecule has 82 valence electrons. The second kappa shape index (κ2) is 5.35. The fraction of sp³-hybridized carbons (Fsp3) is 0.909. The van der Waals surface area contributed by atoms with Crippen molar-refractivity contribution in [2.75, 3.05) is 13.2 Å². The number of amides is 1. The average Bonchev–Trinajstić information content (AvgIpc) is 2.54. The Labute approximate surface area is 85.9 Å². The minimum absolute atomic E-state index is 0.105. The lowest BCUT2D eigenvalue weighted by atomic mass is 9.79. The van der Waals surface area contributed by atoms with E-state index < -0.39 is 0 Å². The molecule has 14 heavy (non-hydrogen) atoms. The molecule has 0 radical (unpaired) electrons. The summed E-state index contributed by atoms with van der Waals surface area (Å²) < 4.78 is 0. The van der Waals surface area contributed by atoms with Crippen LogP contribution in [0.3, 0.4) is 0 Å². The van der Waals surface area contributed by atoms with E-state index in [0.717, 1.165) is 19.3 Å². The molecule has 1 aliphatic carbocycles. The van der Waals surface area contributed by atoms with Gasteiger partial charge in [-0.25, -0.2) is 0 Å². The van der Waals surface area contributed by atoms with Crippen LogP contribution in [-0.2, 0) is 4.79 Å². The summed E-state index contributed by atoms with van der Waals surface area (Å²) in [6, 6.07) is 0. The van der Waals surface area contributed by atoms with Crippen molar-refractivity contribution < 1.29 is 9.90 Å². The van der Waals surface area contributed by atoms with Gasteiger partial charge in [0.2, 0.25) is 5.91 Å². The average molecular weight is 199 g/mol. The minimum atomic E-state index is 0.105. The zero-order valence-electron chi connectivity index (χ0n) is 9.01. The predicted molar refractivity (Wildman–Crippen MR) is 55.9 cm³/mol. The Balaban J connectivity index is 2.46. The lowest BCUT2D eigenvalue weighted by Crippen LogP contribution is -2.30. The molecular weight excluding hydrogens is 178 g/mol. The molecule has 0 heterocycles. The second-order valence-corrected chi connectivity index (χ2v) is 4.31. The molecule has 0 aromatic rings. The van der Waals surface area contributed by atoms with Gasteiger partial charge in [0.05, 0.1) is 0 Å².